The Morgan fingerprint density at radius 3 is 0.556 bits per heavy atom. The number of carbonyl (C=O) groups excluding carboxylic acids is 4. The van der Waals surface area contributed by atoms with Crippen LogP contribution in [0.4, 0.5) is 0 Å². The monoisotopic (exact) mass is 463 g/mol. The molecular weight excluding hydrogens is 451 g/mol. The molecule has 0 fully saturated rings. The molecule has 4 radical (unpaired) electrons. The minimum absolute atomic E-state index is 0. The van der Waals surface area contributed by atoms with Gasteiger partial charge in [0.25, 0.3) is 0 Å². The van der Waals surface area contributed by atoms with E-state index in [9.17, 15) is 0 Å². The molecule has 0 unspecified atom stereocenters. The summed E-state index contributed by atoms with van der Waals surface area (Å²) in [6.45, 7) is 3.89. The van der Waals surface area contributed by atoms with Gasteiger partial charge in [-0.15, -0.1) is 0 Å². The van der Waals surface area contributed by atoms with E-state index in [1.807, 2.05) is 0 Å². The third kappa shape index (κ3) is 2470. The zero-order chi connectivity index (χ0) is 14.3. The van der Waals surface area contributed by atoms with Crippen molar-refractivity contribution in [3.8, 4) is 0 Å². The second-order valence-electron chi connectivity index (χ2n) is 1.97. The first-order valence-electron chi connectivity index (χ1n) is 3.63. The van der Waals surface area contributed by atoms with Crippen molar-refractivity contribution in [2.24, 2.45) is 0 Å². The molecule has 0 aromatic heterocycles. The fraction of sp³-hybridized carbons (Fsp3) is 0.500. The van der Waals surface area contributed by atoms with Crippen molar-refractivity contribution in [3.63, 3.8) is 0 Å². The quantitative estimate of drug-likeness (QED) is 0.345. The van der Waals surface area contributed by atoms with Crippen LogP contribution in [0.3, 0.4) is 0 Å². The Morgan fingerprint density at radius 2 is 0.556 bits per heavy atom. The van der Waals surface area contributed by atoms with E-state index < -0.39 is 23.9 Å². The van der Waals surface area contributed by atoms with E-state index in [1.165, 1.54) is 0 Å². The number of carboxylic acids is 4. The smallest absolute Gasteiger partial charge is 0.550 e. The van der Waals surface area contributed by atoms with Crippen LogP contribution >= 0.6 is 0 Å². The molecule has 0 aliphatic carbocycles. The Morgan fingerprint density at radius 1 is 0.556 bits per heavy atom. The molecule has 0 spiro atoms. The van der Waals surface area contributed by atoms with E-state index in [2.05, 4.69) is 0 Å². The van der Waals surface area contributed by atoms with Crippen LogP contribution in [-0.4, -0.2) is 23.9 Å². The summed E-state index contributed by atoms with van der Waals surface area (Å²) in [6.07, 6.45) is 0. The Kier molecular flexibility index (Phi) is 59.4. The summed E-state index contributed by atoms with van der Waals surface area (Å²) in [7, 11) is 0. The second-order valence-corrected chi connectivity index (χ2v) is 1.97. The molecule has 0 atom stereocenters. The standard InChI is InChI=1S/4C2H4O2.Pt.S/c4*1-2(3)4;;/h4*1H3,(H,3,4);;/q;;;;2*+2/p-4. The zero-order valence-corrected chi connectivity index (χ0v) is 13.1. The predicted molar refractivity (Wildman–Crippen MR) is 50.1 cm³/mol. The van der Waals surface area contributed by atoms with Gasteiger partial charge in [-0.1, -0.05) is 0 Å². The van der Waals surface area contributed by atoms with Crippen molar-refractivity contribution < 1.29 is 60.7 Å². The number of hydrogen-bond donors (Lipinski definition) is 0. The number of carboxylic acid groups (broad SMARTS) is 4. The fourth-order valence-corrected chi connectivity index (χ4v) is 0. The molecule has 10 heteroatoms. The van der Waals surface area contributed by atoms with Gasteiger partial charge in [0, 0.05) is 23.9 Å². The number of hydrogen-bond acceptors (Lipinski definition) is 8. The predicted octanol–water partition coefficient (Wildman–Crippen LogP) is -4.98. The van der Waals surface area contributed by atoms with Gasteiger partial charge in [-0.05, 0) is 27.7 Å². The molecule has 108 valence electrons. The van der Waals surface area contributed by atoms with Crippen molar-refractivity contribution in [3.05, 3.63) is 0 Å². The van der Waals surface area contributed by atoms with Crippen molar-refractivity contribution in [2.45, 2.75) is 27.7 Å². The molecule has 0 aromatic carbocycles. The summed E-state index contributed by atoms with van der Waals surface area (Å²) in [5.41, 5.74) is 0. The maximum Gasteiger partial charge on any atom is 2.00 e. The summed E-state index contributed by atoms with van der Waals surface area (Å²) >= 11 is 0. The van der Waals surface area contributed by atoms with Crippen LogP contribution in [0.2, 0.25) is 0 Å². The normalized spacial score (nSPS) is 5.56. The van der Waals surface area contributed by atoms with Crippen LogP contribution in [0.25, 0.3) is 0 Å². The molecule has 0 heterocycles. The van der Waals surface area contributed by atoms with E-state index in [1.54, 1.807) is 0 Å². The van der Waals surface area contributed by atoms with Crippen molar-refractivity contribution in [1.82, 2.24) is 0 Å². The minimum Gasteiger partial charge on any atom is -0.550 e. The van der Waals surface area contributed by atoms with E-state index in [4.69, 9.17) is 39.6 Å². The van der Waals surface area contributed by atoms with Crippen molar-refractivity contribution in [1.29, 1.82) is 0 Å². The number of aliphatic carboxylic acids is 4. The largest absolute Gasteiger partial charge is 2.00 e. The molecule has 0 aliphatic heterocycles. The first-order valence-corrected chi connectivity index (χ1v) is 3.63. The first-order chi connectivity index (χ1) is 6.93. The Hall–Kier alpha value is -1.08. The molecular formula is C8H12O8PtS. The van der Waals surface area contributed by atoms with E-state index in [0.29, 0.717) is 0 Å². The van der Waals surface area contributed by atoms with E-state index >= 15 is 0 Å². The third-order valence-corrected chi connectivity index (χ3v) is 0. The van der Waals surface area contributed by atoms with Gasteiger partial charge in [-0.25, -0.2) is 0 Å². The Labute approximate surface area is 126 Å². The van der Waals surface area contributed by atoms with Crippen LogP contribution in [0.15, 0.2) is 0 Å². The summed E-state index contributed by atoms with van der Waals surface area (Å²) in [6, 6.07) is 0. The topological polar surface area (TPSA) is 161 Å². The van der Waals surface area contributed by atoms with Gasteiger partial charge in [0.2, 0.25) is 0 Å². The van der Waals surface area contributed by atoms with Crippen molar-refractivity contribution in [2.75, 3.05) is 0 Å². The van der Waals surface area contributed by atoms with E-state index in [0.717, 1.165) is 27.7 Å². The van der Waals surface area contributed by atoms with E-state index in [-0.39, 0.29) is 34.6 Å². The van der Waals surface area contributed by atoms with Crippen LogP contribution < -0.4 is 20.4 Å². The maximum absolute atomic E-state index is 8.89. The Bertz CT molecular complexity index is 167. The van der Waals surface area contributed by atoms with Gasteiger partial charge in [0.05, 0.1) is 0 Å². The molecule has 0 saturated carbocycles. The van der Waals surface area contributed by atoms with Crippen LogP contribution in [0, 0.1) is 0 Å². The average molecular weight is 463 g/mol. The van der Waals surface area contributed by atoms with Crippen LogP contribution in [0.1, 0.15) is 27.7 Å². The molecule has 0 saturated heterocycles. The van der Waals surface area contributed by atoms with Crippen LogP contribution in [0.5, 0.6) is 0 Å². The summed E-state index contributed by atoms with van der Waals surface area (Å²) in [4.78, 5) is 35.6. The maximum atomic E-state index is 8.89. The van der Waals surface area contributed by atoms with Gasteiger partial charge in [-0.2, -0.15) is 0 Å². The minimum atomic E-state index is -1.08. The molecule has 0 amide bonds. The fourth-order valence-electron chi connectivity index (χ4n) is 0. The molecule has 0 rings (SSSR count). The number of carbonyl (C=O) groups is 4. The molecule has 0 aliphatic rings. The zero-order valence-electron chi connectivity index (χ0n) is 9.99. The Balaban J connectivity index is -0.0000000257. The summed E-state index contributed by atoms with van der Waals surface area (Å²) in [5, 5.41) is 35.6. The van der Waals surface area contributed by atoms with Gasteiger partial charge in [-0.3, -0.25) is 0 Å². The molecule has 0 aromatic rings. The number of rotatable bonds is 0. The second kappa shape index (κ2) is 29.7. The SMILES string of the molecule is CC(=O)[O-].CC(=O)[O-].CC(=O)[O-].CC(=O)[O-].[Pt+2].[S+2]. The van der Waals surface area contributed by atoms with Crippen molar-refractivity contribution >= 4 is 37.4 Å². The summed E-state index contributed by atoms with van der Waals surface area (Å²) in [5.74, 6) is -4.33. The molecule has 0 N–H and O–H groups in total. The average Bonchev–Trinajstić information content (AvgIpc) is 1.76. The van der Waals surface area contributed by atoms with Gasteiger partial charge in [0.15, 0.2) is 0 Å². The van der Waals surface area contributed by atoms with Gasteiger partial charge >= 0.3 is 34.6 Å². The van der Waals surface area contributed by atoms with Gasteiger partial charge < -0.3 is 39.6 Å². The summed E-state index contributed by atoms with van der Waals surface area (Å²) < 4.78 is 0. The molecule has 0 bridgehead atoms. The van der Waals surface area contributed by atoms with Crippen LogP contribution in [-0.2, 0) is 53.7 Å². The first kappa shape index (κ1) is 36.0. The third-order valence-electron chi connectivity index (χ3n) is 0. The molecule has 8 nitrogen and oxygen atoms in total. The van der Waals surface area contributed by atoms with Gasteiger partial charge in [0.1, 0.15) is 0 Å². The molecule has 18 heavy (non-hydrogen) atoms.